The first kappa shape index (κ1) is 18.7. The number of benzene rings is 2. The first-order valence-corrected chi connectivity index (χ1v) is 10.3. The van der Waals surface area contributed by atoms with Crippen molar-refractivity contribution in [2.45, 2.75) is 31.8 Å². The summed E-state index contributed by atoms with van der Waals surface area (Å²) in [6, 6.07) is 12.5. The van der Waals surface area contributed by atoms with E-state index in [4.69, 9.17) is 9.47 Å². The van der Waals surface area contributed by atoms with Gasteiger partial charge in [0.15, 0.2) is 11.5 Å². The van der Waals surface area contributed by atoms with Crippen LogP contribution in [0.5, 0.6) is 11.5 Å². The molecule has 2 bridgehead atoms. The Labute approximate surface area is 174 Å². The van der Waals surface area contributed by atoms with Gasteiger partial charge in [-0.2, -0.15) is 0 Å². The minimum Gasteiger partial charge on any atom is -0.493 e. The average Bonchev–Trinajstić information content (AvgIpc) is 3.42. The van der Waals surface area contributed by atoms with Gasteiger partial charge >= 0.3 is 6.09 Å². The maximum Gasteiger partial charge on any atom is 0.419 e. The Bertz CT molecular complexity index is 1060. The molecule has 5 rings (SSSR count). The minimum absolute atomic E-state index is 0.205. The molecule has 1 aliphatic heterocycles. The molecule has 3 aliphatic rings. The standard InChI is InChI=1S/C24H23NO5/c1-29-20-9-7-15(13-22(20)30-21-12-14-6-8-16(21)10-14)11-18-17-4-2-3-5-19(17)25(23(18)26)24(27)28/h2-5,7,9,11,13-14,16,21H,6,8,10,12H2,1H3,(H,27,28)/b18-11-/t14-,16+,21+/m1/s1. The first-order valence-electron chi connectivity index (χ1n) is 10.3. The summed E-state index contributed by atoms with van der Waals surface area (Å²) in [4.78, 5) is 25.2. The van der Waals surface area contributed by atoms with Gasteiger partial charge in [-0.15, -0.1) is 0 Å². The zero-order valence-corrected chi connectivity index (χ0v) is 16.7. The van der Waals surface area contributed by atoms with Crippen LogP contribution in [0.2, 0.25) is 0 Å². The summed E-state index contributed by atoms with van der Waals surface area (Å²) in [5.74, 6) is 2.15. The molecule has 1 N–H and O–H groups in total. The molecule has 2 aromatic carbocycles. The number of fused-ring (bicyclic) bond motifs is 3. The van der Waals surface area contributed by atoms with E-state index in [1.54, 1.807) is 37.5 Å². The van der Waals surface area contributed by atoms with Gasteiger partial charge in [0, 0.05) is 5.56 Å². The van der Waals surface area contributed by atoms with E-state index >= 15 is 0 Å². The Morgan fingerprint density at radius 3 is 2.67 bits per heavy atom. The summed E-state index contributed by atoms with van der Waals surface area (Å²) in [7, 11) is 1.61. The molecule has 154 valence electrons. The number of hydrogen-bond donors (Lipinski definition) is 1. The zero-order chi connectivity index (χ0) is 20.8. The van der Waals surface area contributed by atoms with Crippen LogP contribution < -0.4 is 14.4 Å². The summed E-state index contributed by atoms with van der Waals surface area (Å²) < 4.78 is 11.8. The Hall–Kier alpha value is -3.28. The van der Waals surface area contributed by atoms with Gasteiger partial charge in [0.05, 0.1) is 18.4 Å². The molecular formula is C24H23NO5. The summed E-state index contributed by atoms with van der Waals surface area (Å²) in [6.07, 6.45) is 5.48. The molecule has 3 atom stereocenters. The van der Waals surface area contributed by atoms with Crippen LogP contribution >= 0.6 is 0 Å². The molecule has 6 heteroatoms. The lowest BCUT2D eigenvalue weighted by atomic mass is 9.97. The quantitative estimate of drug-likeness (QED) is 0.738. The van der Waals surface area contributed by atoms with E-state index in [1.807, 2.05) is 18.2 Å². The van der Waals surface area contributed by atoms with Crippen molar-refractivity contribution in [2.24, 2.45) is 11.8 Å². The lowest BCUT2D eigenvalue weighted by Crippen LogP contribution is -2.31. The summed E-state index contributed by atoms with van der Waals surface area (Å²) in [5.41, 5.74) is 2.10. The van der Waals surface area contributed by atoms with Crippen LogP contribution in [-0.2, 0) is 4.79 Å². The second-order valence-electron chi connectivity index (χ2n) is 8.24. The van der Waals surface area contributed by atoms with E-state index in [0.717, 1.165) is 22.8 Å². The smallest absolute Gasteiger partial charge is 0.419 e. The van der Waals surface area contributed by atoms with Gasteiger partial charge in [0.1, 0.15) is 6.10 Å². The van der Waals surface area contributed by atoms with Gasteiger partial charge in [-0.3, -0.25) is 4.79 Å². The van der Waals surface area contributed by atoms with Crippen LogP contribution in [0.15, 0.2) is 42.5 Å². The number of ether oxygens (including phenoxy) is 2. The monoisotopic (exact) mass is 405 g/mol. The van der Waals surface area contributed by atoms with E-state index in [2.05, 4.69) is 0 Å². The molecule has 2 amide bonds. The second kappa shape index (κ2) is 7.20. The molecule has 0 saturated heterocycles. The topological polar surface area (TPSA) is 76.1 Å². The van der Waals surface area contributed by atoms with Crippen molar-refractivity contribution >= 4 is 29.3 Å². The summed E-state index contributed by atoms with van der Waals surface area (Å²) in [6.45, 7) is 0. The third-order valence-corrected chi connectivity index (χ3v) is 6.51. The molecule has 2 saturated carbocycles. The highest BCUT2D eigenvalue weighted by Crippen LogP contribution is 2.47. The molecular weight excluding hydrogens is 382 g/mol. The van der Waals surface area contributed by atoms with E-state index in [9.17, 15) is 14.7 Å². The van der Waals surface area contributed by atoms with Crippen molar-refractivity contribution in [3.8, 4) is 11.5 Å². The van der Waals surface area contributed by atoms with Gasteiger partial charge < -0.3 is 14.6 Å². The van der Waals surface area contributed by atoms with Crippen LogP contribution in [-0.4, -0.2) is 30.3 Å². The van der Waals surface area contributed by atoms with Gasteiger partial charge in [-0.1, -0.05) is 24.3 Å². The van der Waals surface area contributed by atoms with E-state index < -0.39 is 12.0 Å². The molecule has 1 heterocycles. The van der Waals surface area contributed by atoms with Crippen molar-refractivity contribution in [2.75, 3.05) is 12.0 Å². The Morgan fingerprint density at radius 1 is 1.13 bits per heavy atom. The first-order chi connectivity index (χ1) is 14.5. The van der Waals surface area contributed by atoms with Crippen LogP contribution in [0.25, 0.3) is 11.6 Å². The summed E-state index contributed by atoms with van der Waals surface area (Å²) >= 11 is 0. The molecule has 2 aromatic rings. The third kappa shape index (κ3) is 3.03. The number of carbonyl (C=O) groups excluding carboxylic acids is 1. The van der Waals surface area contributed by atoms with Gasteiger partial charge in [-0.05, 0) is 67.4 Å². The molecule has 6 nitrogen and oxygen atoms in total. The highest BCUT2D eigenvalue weighted by molar-refractivity contribution is 6.41. The lowest BCUT2D eigenvalue weighted by molar-refractivity contribution is -0.112. The Kier molecular flexibility index (Phi) is 4.50. The van der Waals surface area contributed by atoms with Gasteiger partial charge in [0.25, 0.3) is 5.91 Å². The van der Waals surface area contributed by atoms with Crippen LogP contribution in [0.3, 0.4) is 0 Å². The SMILES string of the molecule is COc1ccc(/C=C2\C(=O)N(C(=O)O)c3ccccc32)cc1O[C@H]1C[C@@H]2CC[C@H]1C2. The van der Waals surface area contributed by atoms with E-state index in [-0.39, 0.29) is 6.10 Å². The Balaban J connectivity index is 1.49. The molecule has 2 fully saturated rings. The fraction of sp³-hybridized carbons (Fsp3) is 0.333. The van der Waals surface area contributed by atoms with Crippen LogP contribution in [0.1, 0.15) is 36.8 Å². The minimum atomic E-state index is -1.29. The van der Waals surface area contributed by atoms with Gasteiger partial charge in [0.2, 0.25) is 0 Å². The predicted molar refractivity (Wildman–Crippen MR) is 113 cm³/mol. The number of methoxy groups -OCH3 is 1. The molecule has 0 unspecified atom stereocenters. The molecule has 0 spiro atoms. The number of rotatable bonds is 4. The number of anilines is 1. The largest absolute Gasteiger partial charge is 0.493 e. The predicted octanol–water partition coefficient (Wildman–Crippen LogP) is 4.83. The highest BCUT2D eigenvalue weighted by atomic mass is 16.5. The van der Waals surface area contributed by atoms with Crippen molar-refractivity contribution < 1.29 is 24.2 Å². The number of carboxylic acid groups (broad SMARTS) is 1. The van der Waals surface area contributed by atoms with Crippen molar-refractivity contribution in [1.29, 1.82) is 0 Å². The van der Waals surface area contributed by atoms with Crippen molar-refractivity contribution in [3.63, 3.8) is 0 Å². The zero-order valence-electron chi connectivity index (χ0n) is 16.7. The Morgan fingerprint density at radius 2 is 1.97 bits per heavy atom. The average molecular weight is 405 g/mol. The third-order valence-electron chi connectivity index (χ3n) is 6.51. The highest BCUT2D eigenvalue weighted by Gasteiger charge is 2.41. The van der Waals surface area contributed by atoms with E-state index in [0.29, 0.717) is 34.2 Å². The van der Waals surface area contributed by atoms with Gasteiger partial charge in [-0.25, -0.2) is 9.69 Å². The lowest BCUT2D eigenvalue weighted by Gasteiger charge is -2.24. The second-order valence-corrected chi connectivity index (χ2v) is 8.24. The number of amides is 2. The number of nitrogens with zero attached hydrogens (tertiary/aromatic N) is 1. The molecule has 0 aromatic heterocycles. The van der Waals surface area contributed by atoms with Crippen molar-refractivity contribution in [1.82, 2.24) is 0 Å². The number of hydrogen-bond acceptors (Lipinski definition) is 4. The van der Waals surface area contributed by atoms with Crippen LogP contribution in [0.4, 0.5) is 10.5 Å². The number of imide groups is 1. The number of carbonyl (C=O) groups is 2. The maximum absolute atomic E-state index is 12.8. The fourth-order valence-electron chi connectivity index (χ4n) is 5.11. The van der Waals surface area contributed by atoms with Crippen LogP contribution in [0, 0.1) is 11.8 Å². The molecule has 30 heavy (non-hydrogen) atoms. The molecule has 2 aliphatic carbocycles. The maximum atomic E-state index is 12.8. The fourth-order valence-corrected chi connectivity index (χ4v) is 5.11. The summed E-state index contributed by atoms with van der Waals surface area (Å²) in [5, 5.41) is 9.48. The number of para-hydroxylation sites is 1. The van der Waals surface area contributed by atoms with Crippen molar-refractivity contribution in [3.05, 3.63) is 53.6 Å². The molecule has 0 radical (unpaired) electrons. The van der Waals surface area contributed by atoms with E-state index in [1.165, 1.54) is 19.3 Å². The normalized spacial score (nSPS) is 25.6.